The van der Waals surface area contributed by atoms with Crippen LogP contribution < -0.4 is 0 Å². The first-order valence-electron chi connectivity index (χ1n) is 8.09. The van der Waals surface area contributed by atoms with Gasteiger partial charge in [-0.2, -0.15) is 18.3 Å². The van der Waals surface area contributed by atoms with Gasteiger partial charge in [0.1, 0.15) is 0 Å². The van der Waals surface area contributed by atoms with Gasteiger partial charge in [0.05, 0.1) is 11.7 Å². The van der Waals surface area contributed by atoms with Crippen LogP contribution in [0.4, 0.5) is 13.2 Å². The molecule has 24 heavy (non-hydrogen) atoms. The Morgan fingerprint density at radius 1 is 1.25 bits per heavy atom. The van der Waals surface area contributed by atoms with E-state index in [4.69, 9.17) is 0 Å². The first kappa shape index (κ1) is 17.2. The molecule has 1 aromatic rings. The predicted octanol–water partition coefficient (Wildman–Crippen LogP) is 1.11. The number of amides is 1. The van der Waals surface area contributed by atoms with E-state index in [1.165, 1.54) is 11.9 Å². The smallest absolute Gasteiger partial charge is 0.391 e. The summed E-state index contributed by atoms with van der Waals surface area (Å²) in [5.41, 5.74) is -1.54. The van der Waals surface area contributed by atoms with Crippen LogP contribution in [0.15, 0.2) is 6.20 Å². The normalized spacial score (nSPS) is 26.1. The quantitative estimate of drug-likeness (QED) is 0.872. The second kappa shape index (κ2) is 6.36. The summed E-state index contributed by atoms with van der Waals surface area (Å²) >= 11 is 0. The average Bonchev–Trinajstić information content (AvgIpc) is 3.12. The third-order valence-corrected chi connectivity index (χ3v) is 4.84. The standard InChI is InChI=1S/C15H21F3N4O2/c1-20-9-10(13(19-20)15(16,17)18)14(24)22-7-5-21(6-8-22)11-3-2-4-12(11)23/h9,11-12,23H,2-8H2,1H3/t11-,12+/m0/s1. The van der Waals surface area contributed by atoms with Gasteiger partial charge in [0.2, 0.25) is 0 Å². The zero-order valence-electron chi connectivity index (χ0n) is 13.5. The fourth-order valence-electron chi connectivity index (χ4n) is 3.63. The van der Waals surface area contributed by atoms with Gasteiger partial charge >= 0.3 is 6.18 Å². The second-order valence-corrected chi connectivity index (χ2v) is 6.46. The first-order valence-corrected chi connectivity index (χ1v) is 8.09. The summed E-state index contributed by atoms with van der Waals surface area (Å²) in [4.78, 5) is 16.0. The summed E-state index contributed by atoms with van der Waals surface area (Å²) in [5, 5.41) is 13.4. The van der Waals surface area contributed by atoms with E-state index in [2.05, 4.69) is 10.00 Å². The van der Waals surface area contributed by atoms with Crippen LogP contribution in [0.5, 0.6) is 0 Å². The van der Waals surface area contributed by atoms with Crippen LogP contribution in [0.1, 0.15) is 35.3 Å². The number of nitrogens with zero attached hydrogens (tertiary/aromatic N) is 4. The van der Waals surface area contributed by atoms with Crippen molar-refractivity contribution in [1.29, 1.82) is 0 Å². The molecule has 6 nitrogen and oxygen atoms in total. The van der Waals surface area contributed by atoms with Crippen molar-refractivity contribution in [3.8, 4) is 0 Å². The fourth-order valence-corrected chi connectivity index (χ4v) is 3.63. The van der Waals surface area contributed by atoms with Crippen LogP contribution in [-0.2, 0) is 13.2 Å². The van der Waals surface area contributed by atoms with Crippen molar-refractivity contribution in [3.05, 3.63) is 17.5 Å². The summed E-state index contributed by atoms with van der Waals surface area (Å²) in [6.45, 7) is 1.84. The van der Waals surface area contributed by atoms with Gasteiger partial charge in [-0.3, -0.25) is 14.4 Å². The monoisotopic (exact) mass is 346 g/mol. The molecule has 2 heterocycles. The van der Waals surface area contributed by atoms with E-state index in [1.807, 2.05) is 0 Å². The van der Waals surface area contributed by atoms with Crippen molar-refractivity contribution in [3.63, 3.8) is 0 Å². The molecular formula is C15H21F3N4O2. The van der Waals surface area contributed by atoms with Crippen LogP contribution in [0.2, 0.25) is 0 Å². The van der Waals surface area contributed by atoms with E-state index in [9.17, 15) is 23.1 Å². The lowest BCUT2D eigenvalue weighted by Gasteiger charge is -2.39. The summed E-state index contributed by atoms with van der Waals surface area (Å²) in [7, 11) is 1.37. The zero-order chi connectivity index (χ0) is 17.5. The molecule has 9 heteroatoms. The van der Waals surface area contributed by atoms with Crippen molar-refractivity contribution in [2.24, 2.45) is 7.05 Å². The number of rotatable bonds is 2. The van der Waals surface area contributed by atoms with Gasteiger partial charge in [-0.25, -0.2) is 0 Å². The molecule has 2 atom stereocenters. The third kappa shape index (κ3) is 3.27. The Morgan fingerprint density at radius 2 is 1.92 bits per heavy atom. The minimum absolute atomic E-state index is 0.103. The van der Waals surface area contributed by atoms with E-state index in [0.29, 0.717) is 26.2 Å². The highest BCUT2D eigenvalue weighted by Gasteiger charge is 2.40. The zero-order valence-corrected chi connectivity index (χ0v) is 13.5. The van der Waals surface area contributed by atoms with Crippen molar-refractivity contribution in [2.45, 2.75) is 37.6 Å². The highest BCUT2D eigenvalue weighted by Crippen LogP contribution is 2.31. The molecular weight excluding hydrogens is 325 g/mol. The summed E-state index contributed by atoms with van der Waals surface area (Å²) in [6, 6.07) is 0.103. The number of piperazine rings is 1. The van der Waals surface area contributed by atoms with E-state index in [1.54, 1.807) is 0 Å². The van der Waals surface area contributed by atoms with Gasteiger partial charge in [-0.05, 0) is 19.3 Å². The molecule has 0 aromatic carbocycles. The highest BCUT2D eigenvalue weighted by atomic mass is 19.4. The minimum Gasteiger partial charge on any atom is -0.391 e. The molecule has 0 bridgehead atoms. The number of aliphatic hydroxyl groups excluding tert-OH is 1. The van der Waals surface area contributed by atoms with Crippen LogP contribution >= 0.6 is 0 Å². The third-order valence-electron chi connectivity index (χ3n) is 4.84. The number of aromatic nitrogens is 2. The number of aryl methyl sites for hydroxylation is 1. The van der Waals surface area contributed by atoms with Crippen LogP contribution in [0.3, 0.4) is 0 Å². The van der Waals surface area contributed by atoms with Crippen LogP contribution in [-0.4, -0.2) is 68.9 Å². The molecule has 1 aromatic heterocycles. The molecule has 1 aliphatic carbocycles. The number of carbonyl (C=O) groups excluding carboxylic acids is 1. The number of carbonyl (C=O) groups is 1. The molecule has 1 saturated carbocycles. The van der Waals surface area contributed by atoms with Crippen molar-refractivity contribution < 1.29 is 23.1 Å². The Labute approximate surface area is 137 Å². The number of hydrogen-bond donors (Lipinski definition) is 1. The lowest BCUT2D eigenvalue weighted by Crippen LogP contribution is -2.53. The molecule has 1 N–H and O–H groups in total. The fraction of sp³-hybridized carbons (Fsp3) is 0.733. The molecule has 134 valence electrons. The Morgan fingerprint density at radius 3 is 2.46 bits per heavy atom. The summed E-state index contributed by atoms with van der Waals surface area (Å²) < 4.78 is 40.1. The SMILES string of the molecule is Cn1cc(C(=O)N2CCN([C@H]3CCC[C@H]3O)CC2)c(C(F)(F)F)n1. The van der Waals surface area contributed by atoms with Crippen LogP contribution in [0, 0.1) is 0 Å². The first-order chi connectivity index (χ1) is 11.3. The summed E-state index contributed by atoms with van der Waals surface area (Å²) in [5.74, 6) is -0.637. The lowest BCUT2D eigenvalue weighted by molar-refractivity contribution is -0.141. The topological polar surface area (TPSA) is 61.6 Å². The van der Waals surface area contributed by atoms with Crippen molar-refractivity contribution in [2.75, 3.05) is 26.2 Å². The highest BCUT2D eigenvalue weighted by molar-refractivity contribution is 5.95. The van der Waals surface area contributed by atoms with E-state index < -0.39 is 23.3 Å². The average molecular weight is 346 g/mol. The maximum Gasteiger partial charge on any atom is 0.435 e. The summed E-state index contributed by atoms with van der Waals surface area (Å²) in [6.07, 6.45) is -1.18. The molecule has 0 unspecified atom stereocenters. The molecule has 2 aliphatic rings. The van der Waals surface area contributed by atoms with Crippen LogP contribution in [0.25, 0.3) is 0 Å². The lowest BCUT2D eigenvalue weighted by atomic mass is 10.1. The van der Waals surface area contributed by atoms with Gasteiger partial charge in [-0.1, -0.05) is 0 Å². The predicted molar refractivity (Wildman–Crippen MR) is 79.3 cm³/mol. The maximum atomic E-state index is 13.0. The Bertz CT molecular complexity index is 608. The van der Waals surface area contributed by atoms with Gasteiger partial charge in [-0.15, -0.1) is 0 Å². The number of aliphatic hydroxyl groups is 1. The largest absolute Gasteiger partial charge is 0.435 e. The molecule has 2 fully saturated rings. The molecule has 0 spiro atoms. The van der Waals surface area contributed by atoms with E-state index in [-0.39, 0.29) is 12.1 Å². The van der Waals surface area contributed by atoms with E-state index in [0.717, 1.165) is 30.1 Å². The minimum atomic E-state index is -4.65. The van der Waals surface area contributed by atoms with Gasteiger partial charge in [0, 0.05) is 45.5 Å². The Kier molecular flexibility index (Phi) is 4.56. The van der Waals surface area contributed by atoms with Gasteiger partial charge in [0.25, 0.3) is 5.91 Å². The van der Waals surface area contributed by atoms with Gasteiger partial charge in [0.15, 0.2) is 5.69 Å². The Hall–Kier alpha value is -1.61. The second-order valence-electron chi connectivity index (χ2n) is 6.46. The number of halogens is 3. The molecule has 1 saturated heterocycles. The molecule has 0 radical (unpaired) electrons. The van der Waals surface area contributed by atoms with Gasteiger partial charge < -0.3 is 10.0 Å². The molecule has 1 amide bonds. The van der Waals surface area contributed by atoms with Crippen molar-refractivity contribution >= 4 is 5.91 Å². The maximum absolute atomic E-state index is 13.0. The molecule has 1 aliphatic heterocycles. The van der Waals surface area contributed by atoms with E-state index >= 15 is 0 Å². The number of hydrogen-bond acceptors (Lipinski definition) is 4. The number of alkyl halides is 3. The Balaban J connectivity index is 1.68. The molecule has 3 rings (SSSR count). The van der Waals surface area contributed by atoms with Crippen molar-refractivity contribution in [1.82, 2.24) is 19.6 Å².